The van der Waals surface area contributed by atoms with Crippen LogP contribution < -0.4 is 15.4 Å². The molecular formula is C29H32N4O6. The van der Waals surface area contributed by atoms with Gasteiger partial charge in [0.2, 0.25) is 5.91 Å². The van der Waals surface area contributed by atoms with Gasteiger partial charge in [0.1, 0.15) is 24.2 Å². The van der Waals surface area contributed by atoms with Gasteiger partial charge in [0.25, 0.3) is 11.8 Å². The monoisotopic (exact) mass is 532 g/mol. The number of nitrogens with one attached hydrogen (secondary N) is 2. The van der Waals surface area contributed by atoms with Crippen molar-refractivity contribution in [1.82, 2.24) is 15.4 Å². The predicted molar refractivity (Wildman–Crippen MR) is 143 cm³/mol. The minimum atomic E-state index is -0.437. The number of amides is 3. The number of hydrogen-bond acceptors (Lipinski definition) is 7. The Hall–Kier alpha value is -4.18. The number of ether oxygens (including phenoxy) is 2. The van der Waals surface area contributed by atoms with Gasteiger partial charge < -0.3 is 29.5 Å². The highest BCUT2D eigenvalue weighted by atomic mass is 16.5. The number of anilines is 1. The van der Waals surface area contributed by atoms with Crippen molar-refractivity contribution < 1.29 is 28.4 Å². The van der Waals surface area contributed by atoms with Gasteiger partial charge in [-0.1, -0.05) is 35.5 Å². The topological polar surface area (TPSA) is 123 Å². The fourth-order valence-electron chi connectivity index (χ4n) is 5.11. The summed E-state index contributed by atoms with van der Waals surface area (Å²) in [6.07, 6.45) is 0.923. The molecule has 1 saturated heterocycles. The van der Waals surface area contributed by atoms with Crippen molar-refractivity contribution in [2.45, 2.75) is 57.4 Å². The Morgan fingerprint density at radius 2 is 1.92 bits per heavy atom. The van der Waals surface area contributed by atoms with Crippen LogP contribution in [0, 0.1) is 6.92 Å². The summed E-state index contributed by atoms with van der Waals surface area (Å²) >= 11 is 0. The van der Waals surface area contributed by atoms with Crippen LogP contribution in [0.25, 0.3) is 0 Å². The van der Waals surface area contributed by atoms with Crippen LogP contribution in [-0.2, 0) is 9.53 Å². The number of aryl methyl sites for hydroxylation is 1. The van der Waals surface area contributed by atoms with Crippen LogP contribution in [0.5, 0.6) is 5.75 Å². The van der Waals surface area contributed by atoms with E-state index in [4.69, 9.17) is 14.0 Å². The Morgan fingerprint density at radius 3 is 2.67 bits per heavy atom. The first-order valence-electron chi connectivity index (χ1n) is 13.1. The van der Waals surface area contributed by atoms with Crippen LogP contribution in [0.1, 0.15) is 64.4 Å². The summed E-state index contributed by atoms with van der Waals surface area (Å²) in [4.78, 5) is 40.3. The lowest BCUT2D eigenvalue weighted by atomic mass is 9.94. The minimum Gasteiger partial charge on any atom is -0.490 e. The number of aromatic nitrogens is 1. The van der Waals surface area contributed by atoms with E-state index in [-0.39, 0.29) is 54.8 Å². The van der Waals surface area contributed by atoms with E-state index in [2.05, 4.69) is 15.8 Å². The van der Waals surface area contributed by atoms with Crippen LogP contribution in [0.4, 0.5) is 5.69 Å². The van der Waals surface area contributed by atoms with Gasteiger partial charge in [-0.25, -0.2) is 0 Å². The molecule has 39 heavy (non-hydrogen) atoms. The molecule has 2 aliphatic heterocycles. The number of nitrogens with zero attached hydrogens (tertiary/aromatic N) is 2. The fraction of sp³-hybridized carbons (Fsp3) is 0.379. The van der Waals surface area contributed by atoms with Crippen LogP contribution in [0.2, 0.25) is 0 Å². The molecule has 0 unspecified atom stereocenters. The van der Waals surface area contributed by atoms with Gasteiger partial charge in [0, 0.05) is 18.8 Å². The number of carbonyl (C=O) groups is 3. The lowest BCUT2D eigenvalue weighted by Gasteiger charge is -2.42. The molecular weight excluding hydrogens is 500 g/mol. The quantitative estimate of drug-likeness (QED) is 0.494. The normalized spacial score (nSPS) is 21.5. The van der Waals surface area contributed by atoms with Crippen molar-refractivity contribution in [3.8, 4) is 5.75 Å². The molecule has 0 aliphatic carbocycles. The zero-order valence-electron chi connectivity index (χ0n) is 22.2. The highest BCUT2D eigenvalue weighted by Gasteiger charge is 2.39. The summed E-state index contributed by atoms with van der Waals surface area (Å²) in [5.74, 6) is 0.183. The van der Waals surface area contributed by atoms with Gasteiger partial charge in [0.15, 0.2) is 5.69 Å². The van der Waals surface area contributed by atoms with Crippen molar-refractivity contribution in [3.63, 3.8) is 0 Å². The first kappa shape index (κ1) is 26.4. The molecule has 10 heteroatoms. The molecule has 0 radical (unpaired) electrons. The second kappa shape index (κ2) is 11.3. The van der Waals surface area contributed by atoms with Crippen molar-refractivity contribution >= 4 is 23.4 Å². The summed E-state index contributed by atoms with van der Waals surface area (Å²) in [7, 11) is 1.75. The van der Waals surface area contributed by atoms with Gasteiger partial charge in [-0.15, -0.1) is 0 Å². The average molecular weight is 533 g/mol. The average Bonchev–Trinajstić information content (AvgIpc) is 3.38. The molecule has 4 atom stereocenters. The molecule has 204 valence electrons. The summed E-state index contributed by atoms with van der Waals surface area (Å²) in [6, 6.07) is 16.0. The Bertz CT molecular complexity index is 1360. The Labute approximate surface area is 226 Å². The van der Waals surface area contributed by atoms with Crippen molar-refractivity contribution in [1.29, 1.82) is 0 Å². The standard InChI is InChI=1S/C29H32N4O6/c1-17-13-23(32-39-17)28(35)31-20-9-12-25-22(14-20)29(36)33(3)24-11-10-21(38-26(24)16-37-25)15-27(34)30-18(2)19-7-5-4-6-8-19/h4-9,12-14,18,21,24,26H,10-11,15-16H2,1-3H3,(H,30,34)(H,31,35)/t18-,21+,24+,26+/m0/s1. The number of fused-ring (bicyclic) bond motifs is 2. The van der Waals surface area contributed by atoms with Gasteiger partial charge in [-0.3, -0.25) is 14.4 Å². The second-order valence-corrected chi connectivity index (χ2v) is 10.1. The van der Waals surface area contributed by atoms with E-state index < -0.39 is 5.91 Å². The lowest BCUT2D eigenvalue weighted by Crippen LogP contribution is -2.54. The van der Waals surface area contributed by atoms with E-state index >= 15 is 0 Å². The van der Waals surface area contributed by atoms with Gasteiger partial charge in [0.05, 0.1) is 30.2 Å². The maximum Gasteiger partial charge on any atom is 0.277 e. The molecule has 2 aromatic carbocycles. The molecule has 3 heterocycles. The van der Waals surface area contributed by atoms with Crippen LogP contribution in [-0.4, -0.2) is 59.7 Å². The first-order chi connectivity index (χ1) is 18.8. The Morgan fingerprint density at radius 1 is 1.13 bits per heavy atom. The van der Waals surface area contributed by atoms with E-state index in [1.165, 1.54) is 6.07 Å². The molecule has 3 amide bonds. The third-order valence-corrected chi connectivity index (χ3v) is 7.22. The smallest absolute Gasteiger partial charge is 0.277 e. The summed E-state index contributed by atoms with van der Waals surface area (Å²) < 4.78 is 17.3. The van der Waals surface area contributed by atoms with Crippen molar-refractivity contribution in [2.75, 3.05) is 19.0 Å². The second-order valence-electron chi connectivity index (χ2n) is 10.1. The van der Waals surface area contributed by atoms with Crippen LogP contribution in [0.15, 0.2) is 59.1 Å². The molecule has 2 aliphatic rings. The van der Waals surface area contributed by atoms with E-state index in [9.17, 15) is 14.4 Å². The third-order valence-electron chi connectivity index (χ3n) is 7.22. The molecule has 1 fully saturated rings. The predicted octanol–water partition coefficient (Wildman–Crippen LogP) is 3.88. The lowest BCUT2D eigenvalue weighted by molar-refractivity contribution is -0.134. The first-order valence-corrected chi connectivity index (χ1v) is 13.1. The van der Waals surface area contributed by atoms with Gasteiger partial charge >= 0.3 is 0 Å². The van der Waals surface area contributed by atoms with Crippen LogP contribution in [0.3, 0.4) is 0 Å². The molecule has 0 saturated carbocycles. The number of rotatable bonds is 6. The third kappa shape index (κ3) is 5.96. The summed E-state index contributed by atoms with van der Waals surface area (Å²) in [5, 5.41) is 9.51. The molecule has 10 nitrogen and oxygen atoms in total. The fourth-order valence-corrected chi connectivity index (χ4v) is 5.11. The summed E-state index contributed by atoms with van der Waals surface area (Å²) in [6.45, 7) is 3.89. The maximum atomic E-state index is 13.5. The van der Waals surface area contributed by atoms with Crippen LogP contribution >= 0.6 is 0 Å². The Balaban J connectivity index is 1.23. The van der Waals surface area contributed by atoms with Gasteiger partial charge in [-0.2, -0.15) is 0 Å². The van der Waals surface area contributed by atoms with E-state index in [0.717, 1.165) is 5.56 Å². The molecule has 3 aromatic rings. The number of likely N-dealkylation sites (N-methyl/N-ethyl adjacent to an activating group) is 1. The van der Waals surface area contributed by atoms with E-state index in [0.29, 0.717) is 35.6 Å². The van der Waals surface area contributed by atoms with Gasteiger partial charge in [-0.05, 0) is 50.5 Å². The van der Waals surface area contributed by atoms with Crippen molar-refractivity contribution in [3.05, 3.63) is 77.2 Å². The number of benzene rings is 2. The Kier molecular flexibility index (Phi) is 7.65. The zero-order valence-corrected chi connectivity index (χ0v) is 22.2. The zero-order chi connectivity index (χ0) is 27.5. The summed E-state index contributed by atoms with van der Waals surface area (Å²) in [5.41, 5.74) is 1.98. The SMILES string of the molecule is Cc1cc(C(=O)Nc2ccc3c(c2)C(=O)N(C)[C@@H]2CC[C@H](CC(=O)N[C@@H](C)c4ccccc4)O[C@@H]2CO3)no1. The largest absolute Gasteiger partial charge is 0.490 e. The minimum absolute atomic E-state index is 0.0771. The molecule has 2 N–H and O–H groups in total. The highest BCUT2D eigenvalue weighted by molar-refractivity contribution is 6.04. The number of hydrogen-bond donors (Lipinski definition) is 2. The van der Waals surface area contributed by atoms with E-state index in [1.807, 2.05) is 37.3 Å². The molecule has 5 rings (SSSR count). The highest BCUT2D eigenvalue weighted by Crippen LogP contribution is 2.32. The molecule has 0 bridgehead atoms. The van der Waals surface area contributed by atoms with E-state index in [1.54, 1.807) is 37.1 Å². The number of carbonyl (C=O) groups excluding carboxylic acids is 3. The molecule has 0 spiro atoms. The maximum absolute atomic E-state index is 13.5. The molecule has 1 aromatic heterocycles. The van der Waals surface area contributed by atoms with Crippen molar-refractivity contribution in [2.24, 2.45) is 0 Å².